The second-order valence-corrected chi connectivity index (χ2v) is 3.81. The molecule has 2 heterocycles. The van der Waals surface area contributed by atoms with Crippen LogP contribution in [0.1, 0.15) is 12.2 Å². The minimum absolute atomic E-state index is 0.0303. The first-order valence-electron chi connectivity index (χ1n) is 5.25. The van der Waals surface area contributed by atoms with Crippen molar-refractivity contribution in [3.8, 4) is 0 Å². The number of rotatable bonds is 1. The molecule has 1 aromatic rings. The van der Waals surface area contributed by atoms with E-state index in [1.54, 1.807) is 6.92 Å². The van der Waals surface area contributed by atoms with Gasteiger partial charge in [-0.1, -0.05) is 0 Å². The zero-order chi connectivity index (χ0) is 11.5. The summed E-state index contributed by atoms with van der Waals surface area (Å²) in [5, 5.41) is 2.78. The highest BCUT2D eigenvalue weighted by atomic mass is 16.2. The van der Waals surface area contributed by atoms with Gasteiger partial charge < -0.3 is 15.2 Å². The number of aryl methyl sites for hydroxylation is 1. The van der Waals surface area contributed by atoms with Crippen molar-refractivity contribution in [1.29, 1.82) is 0 Å². The van der Waals surface area contributed by atoms with Crippen molar-refractivity contribution in [2.75, 3.05) is 24.5 Å². The molecule has 1 aliphatic heterocycles. The molecule has 1 saturated heterocycles. The number of hydrogen-bond donors (Lipinski definition) is 2. The Morgan fingerprint density at radius 3 is 3.00 bits per heavy atom. The molecular weight excluding hydrogens is 208 g/mol. The second kappa shape index (κ2) is 4.34. The highest BCUT2D eigenvalue weighted by Gasteiger charge is 2.16. The molecular formula is C10H14N4O2. The standard InChI is InChI=1S/C10H14N4O2/c1-7-12-8(5-9(15)13-7)14-4-2-3-11-10(16)6-14/h5H,2-4,6H2,1H3,(H,11,16)(H,12,13,15). The van der Waals surface area contributed by atoms with E-state index in [1.807, 2.05) is 4.90 Å². The van der Waals surface area contributed by atoms with Crippen LogP contribution in [0.4, 0.5) is 5.82 Å². The Morgan fingerprint density at radius 2 is 2.25 bits per heavy atom. The average molecular weight is 222 g/mol. The van der Waals surface area contributed by atoms with Gasteiger partial charge in [-0.3, -0.25) is 9.59 Å². The molecule has 1 aromatic heterocycles. The van der Waals surface area contributed by atoms with Gasteiger partial charge >= 0.3 is 0 Å². The zero-order valence-corrected chi connectivity index (χ0v) is 9.12. The fraction of sp³-hybridized carbons (Fsp3) is 0.500. The normalized spacial score (nSPS) is 16.8. The van der Waals surface area contributed by atoms with Crippen molar-refractivity contribution in [3.63, 3.8) is 0 Å². The lowest BCUT2D eigenvalue weighted by Crippen LogP contribution is -2.34. The van der Waals surface area contributed by atoms with Gasteiger partial charge in [0.05, 0.1) is 6.54 Å². The van der Waals surface area contributed by atoms with Gasteiger partial charge in [0.2, 0.25) is 5.91 Å². The van der Waals surface area contributed by atoms with Crippen LogP contribution < -0.4 is 15.8 Å². The van der Waals surface area contributed by atoms with Gasteiger partial charge in [-0.2, -0.15) is 0 Å². The first-order chi connectivity index (χ1) is 7.65. The van der Waals surface area contributed by atoms with Gasteiger partial charge in [-0.25, -0.2) is 4.98 Å². The number of H-pyrrole nitrogens is 1. The number of amides is 1. The Morgan fingerprint density at radius 1 is 1.44 bits per heavy atom. The third-order valence-electron chi connectivity index (χ3n) is 2.43. The number of aromatic amines is 1. The number of nitrogens with zero attached hydrogens (tertiary/aromatic N) is 2. The number of carbonyl (C=O) groups is 1. The van der Waals surface area contributed by atoms with Gasteiger partial charge in [-0.05, 0) is 13.3 Å². The lowest BCUT2D eigenvalue weighted by Gasteiger charge is -2.19. The Kier molecular flexibility index (Phi) is 2.89. The summed E-state index contributed by atoms with van der Waals surface area (Å²) in [6.07, 6.45) is 0.860. The van der Waals surface area contributed by atoms with E-state index in [2.05, 4.69) is 15.3 Å². The summed E-state index contributed by atoms with van der Waals surface area (Å²) in [5.74, 6) is 1.10. The lowest BCUT2D eigenvalue weighted by molar-refractivity contribution is -0.119. The van der Waals surface area contributed by atoms with Crippen LogP contribution in [0.5, 0.6) is 0 Å². The van der Waals surface area contributed by atoms with Crippen LogP contribution in [-0.2, 0) is 4.79 Å². The summed E-state index contributed by atoms with van der Waals surface area (Å²) in [5.41, 5.74) is -0.188. The number of anilines is 1. The van der Waals surface area contributed by atoms with Gasteiger partial charge in [0, 0.05) is 19.2 Å². The molecule has 1 amide bonds. The largest absolute Gasteiger partial charge is 0.354 e. The second-order valence-electron chi connectivity index (χ2n) is 3.81. The predicted octanol–water partition coefficient (Wildman–Crippen LogP) is -0.595. The van der Waals surface area contributed by atoms with Crippen LogP contribution in [0.3, 0.4) is 0 Å². The Labute approximate surface area is 92.7 Å². The highest BCUT2D eigenvalue weighted by Crippen LogP contribution is 2.09. The number of carbonyl (C=O) groups excluding carboxylic acids is 1. The molecule has 0 unspecified atom stereocenters. The maximum Gasteiger partial charge on any atom is 0.252 e. The monoisotopic (exact) mass is 222 g/mol. The molecule has 0 aromatic carbocycles. The average Bonchev–Trinajstić information content (AvgIpc) is 2.41. The first kappa shape index (κ1) is 10.7. The molecule has 86 valence electrons. The molecule has 0 spiro atoms. The van der Waals surface area contributed by atoms with Gasteiger partial charge in [0.1, 0.15) is 11.6 Å². The minimum atomic E-state index is -0.188. The van der Waals surface area contributed by atoms with Crippen molar-refractivity contribution in [1.82, 2.24) is 15.3 Å². The molecule has 1 aliphatic rings. The van der Waals surface area contributed by atoms with Crippen molar-refractivity contribution < 1.29 is 4.79 Å². The van der Waals surface area contributed by atoms with E-state index >= 15 is 0 Å². The van der Waals surface area contributed by atoms with Crippen LogP contribution in [0.2, 0.25) is 0 Å². The smallest absolute Gasteiger partial charge is 0.252 e. The molecule has 0 atom stereocenters. The summed E-state index contributed by atoms with van der Waals surface area (Å²) in [6, 6.07) is 1.42. The van der Waals surface area contributed by atoms with E-state index < -0.39 is 0 Å². The molecule has 16 heavy (non-hydrogen) atoms. The molecule has 6 nitrogen and oxygen atoms in total. The van der Waals surface area contributed by atoms with Crippen molar-refractivity contribution in [2.45, 2.75) is 13.3 Å². The summed E-state index contributed by atoms with van der Waals surface area (Å²) in [6.45, 7) is 3.39. The van der Waals surface area contributed by atoms with Crippen molar-refractivity contribution in [2.24, 2.45) is 0 Å². The fourth-order valence-corrected chi connectivity index (χ4v) is 1.73. The Hall–Kier alpha value is -1.85. The van der Waals surface area contributed by atoms with Gasteiger partial charge in [0.25, 0.3) is 5.56 Å². The first-order valence-corrected chi connectivity index (χ1v) is 5.25. The third kappa shape index (κ3) is 2.39. The number of nitrogens with one attached hydrogen (secondary N) is 2. The van der Waals surface area contributed by atoms with Crippen molar-refractivity contribution in [3.05, 3.63) is 22.2 Å². The molecule has 0 aliphatic carbocycles. The minimum Gasteiger partial charge on any atom is -0.354 e. The summed E-state index contributed by atoms with van der Waals surface area (Å²) < 4.78 is 0. The molecule has 6 heteroatoms. The Bertz CT molecular complexity index is 454. The molecule has 0 bridgehead atoms. The third-order valence-corrected chi connectivity index (χ3v) is 2.43. The van der Waals surface area contributed by atoms with E-state index in [0.717, 1.165) is 13.0 Å². The topological polar surface area (TPSA) is 78.1 Å². The molecule has 2 N–H and O–H groups in total. The molecule has 1 fully saturated rings. The Balaban J connectivity index is 2.27. The van der Waals surface area contributed by atoms with Crippen LogP contribution in [0, 0.1) is 6.92 Å². The molecule has 0 saturated carbocycles. The van der Waals surface area contributed by atoms with Gasteiger partial charge in [-0.15, -0.1) is 0 Å². The van der Waals surface area contributed by atoms with Crippen LogP contribution in [0.15, 0.2) is 10.9 Å². The van der Waals surface area contributed by atoms with E-state index in [1.165, 1.54) is 6.07 Å². The van der Waals surface area contributed by atoms with E-state index in [9.17, 15) is 9.59 Å². The number of hydrogen-bond acceptors (Lipinski definition) is 4. The van der Waals surface area contributed by atoms with E-state index in [-0.39, 0.29) is 18.0 Å². The van der Waals surface area contributed by atoms with Crippen LogP contribution in [-0.4, -0.2) is 35.5 Å². The summed E-state index contributed by atoms with van der Waals surface area (Å²) in [7, 11) is 0. The van der Waals surface area contributed by atoms with Crippen molar-refractivity contribution >= 4 is 11.7 Å². The van der Waals surface area contributed by atoms with E-state index in [0.29, 0.717) is 18.2 Å². The lowest BCUT2D eigenvalue weighted by atomic mass is 10.4. The quantitative estimate of drug-likeness (QED) is 0.665. The summed E-state index contributed by atoms with van der Waals surface area (Å²) in [4.78, 5) is 31.3. The summed E-state index contributed by atoms with van der Waals surface area (Å²) >= 11 is 0. The zero-order valence-electron chi connectivity index (χ0n) is 9.12. The maximum atomic E-state index is 11.4. The SMILES string of the molecule is Cc1nc(N2CCCNC(=O)C2)cc(=O)[nH]1. The van der Waals surface area contributed by atoms with Crippen LogP contribution >= 0.6 is 0 Å². The molecule has 2 rings (SSSR count). The predicted molar refractivity (Wildman–Crippen MR) is 59.4 cm³/mol. The maximum absolute atomic E-state index is 11.4. The van der Waals surface area contributed by atoms with E-state index in [4.69, 9.17) is 0 Å². The number of aromatic nitrogens is 2. The highest BCUT2D eigenvalue weighted by molar-refractivity contribution is 5.81. The molecule has 0 radical (unpaired) electrons. The van der Waals surface area contributed by atoms with Crippen LogP contribution in [0.25, 0.3) is 0 Å². The van der Waals surface area contributed by atoms with Gasteiger partial charge in [0.15, 0.2) is 0 Å². The fourth-order valence-electron chi connectivity index (χ4n) is 1.73.